The number of hydrogen-bond donors (Lipinski definition) is 8. The largest absolute Gasteiger partial charge is 0.508 e. The number of phenols is 4. The molecule has 0 saturated carbocycles. The molecule has 7 atom stereocenters. The summed E-state index contributed by atoms with van der Waals surface area (Å²) in [7, 11) is 0. The zero-order valence-electron chi connectivity index (χ0n) is 16.8. The molecule has 0 amide bonds. The van der Waals surface area contributed by atoms with Crippen LogP contribution in [-0.4, -0.2) is 90.1 Å². The first-order chi connectivity index (χ1) is 15.6. The van der Waals surface area contributed by atoms with E-state index in [9.17, 15) is 45.6 Å². The van der Waals surface area contributed by atoms with Gasteiger partial charge in [0.2, 0.25) is 5.78 Å². The van der Waals surface area contributed by atoms with Gasteiger partial charge in [0.25, 0.3) is 0 Å². The molecule has 0 spiro atoms. The van der Waals surface area contributed by atoms with Gasteiger partial charge in [-0.05, 0) is 17.7 Å². The Morgan fingerprint density at radius 1 is 0.879 bits per heavy atom. The molecule has 12 heteroatoms. The average Bonchev–Trinajstić information content (AvgIpc) is 2.76. The van der Waals surface area contributed by atoms with E-state index in [4.69, 9.17) is 14.2 Å². The lowest BCUT2D eigenvalue weighted by Crippen LogP contribution is -2.60. The predicted octanol–water partition coefficient (Wildman–Crippen LogP) is -0.990. The van der Waals surface area contributed by atoms with Gasteiger partial charge in [0.15, 0.2) is 30.0 Å². The van der Waals surface area contributed by atoms with Crippen molar-refractivity contribution >= 4 is 5.78 Å². The molecule has 33 heavy (non-hydrogen) atoms. The molecule has 0 aromatic heterocycles. The van der Waals surface area contributed by atoms with Crippen LogP contribution in [0, 0.1) is 0 Å². The van der Waals surface area contributed by atoms with Crippen molar-refractivity contribution in [1.82, 2.24) is 0 Å². The third-order valence-electron chi connectivity index (χ3n) is 5.56. The standard InChI is InChI=1S/C21H22O12/c22-6-13-15(27)17(29)18(30)21(32-13)33-20-16(28)14-11(26)4-8(23)5-12(14)31-19(20)7-1-2-9(24)10(25)3-7/h1-5,13,15,17-27,29-30H,6H2/t13-,15-,17-,18-,19+,20+,21-/m1/s1. The van der Waals surface area contributed by atoms with Gasteiger partial charge in [-0.2, -0.15) is 0 Å². The Hall–Kier alpha value is -3.13. The minimum Gasteiger partial charge on any atom is -0.508 e. The van der Waals surface area contributed by atoms with Crippen LogP contribution in [-0.2, 0) is 9.47 Å². The van der Waals surface area contributed by atoms with Crippen LogP contribution in [0.4, 0.5) is 0 Å². The summed E-state index contributed by atoms with van der Waals surface area (Å²) in [5.41, 5.74) is -0.191. The quantitative estimate of drug-likeness (QED) is 0.256. The maximum absolute atomic E-state index is 13.3. The Balaban J connectivity index is 1.75. The zero-order valence-corrected chi connectivity index (χ0v) is 16.8. The summed E-state index contributed by atoms with van der Waals surface area (Å²) in [6.07, 6.45) is -11.2. The van der Waals surface area contributed by atoms with Gasteiger partial charge in [0, 0.05) is 12.1 Å². The topological polar surface area (TPSA) is 207 Å². The van der Waals surface area contributed by atoms with Crippen molar-refractivity contribution in [2.75, 3.05) is 6.61 Å². The molecule has 2 heterocycles. The van der Waals surface area contributed by atoms with E-state index < -0.39 is 72.6 Å². The van der Waals surface area contributed by atoms with Crippen molar-refractivity contribution in [2.45, 2.75) is 42.9 Å². The van der Waals surface area contributed by atoms with Gasteiger partial charge in [-0.25, -0.2) is 0 Å². The maximum atomic E-state index is 13.3. The molecule has 178 valence electrons. The van der Waals surface area contributed by atoms with Crippen molar-refractivity contribution in [3.8, 4) is 28.7 Å². The van der Waals surface area contributed by atoms with Gasteiger partial charge in [-0.15, -0.1) is 0 Å². The highest BCUT2D eigenvalue weighted by molar-refractivity contribution is 6.05. The molecule has 1 saturated heterocycles. The van der Waals surface area contributed by atoms with Gasteiger partial charge in [-0.3, -0.25) is 4.79 Å². The highest BCUT2D eigenvalue weighted by Gasteiger charge is 2.49. The third kappa shape index (κ3) is 4.04. The molecule has 0 radical (unpaired) electrons. The van der Waals surface area contributed by atoms with Gasteiger partial charge in [0.05, 0.1) is 6.61 Å². The van der Waals surface area contributed by atoms with Gasteiger partial charge < -0.3 is 55.1 Å². The van der Waals surface area contributed by atoms with E-state index in [-0.39, 0.29) is 22.6 Å². The number of aromatic hydroxyl groups is 4. The molecule has 0 bridgehead atoms. The van der Waals surface area contributed by atoms with Crippen molar-refractivity contribution in [3.63, 3.8) is 0 Å². The number of carbonyl (C=O) groups is 1. The molecule has 2 aromatic carbocycles. The molecule has 8 N–H and O–H groups in total. The molecule has 2 aliphatic heterocycles. The zero-order chi connectivity index (χ0) is 24.0. The van der Waals surface area contributed by atoms with Crippen LogP contribution in [0.3, 0.4) is 0 Å². The Bertz CT molecular complexity index is 1050. The summed E-state index contributed by atoms with van der Waals surface area (Å²) in [6.45, 7) is -0.724. The number of rotatable bonds is 4. The van der Waals surface area contributed by atoms with E-state index in [1.807, 2.05) is 0 Å². The molecule has 12 nitrogen and oxygen atoms in total. The summed E-state index contributed by atoms with van der Waals surface area (Å²) in [6, 6.07) is 5.57. The number of fused-ring (bicyclic) bond motifs is 1. The predicted molar refractivity (Wildman–Crippen MR) is 106 cm³/mol. The van der Waals surface area contributed by atoms with E-state index in [0.717, 1.165) is 24.3 Å². The number of benzene rings is 2. The minimum atomic E-state index is -1.82. The molecule has 1 fully saturated rings. The van der Waals surface area contributed by atoms with Crippen LogP contribution < -0.4 is 4.74 Å². The number of ketones is 1. The fourth-order valence-electron chi connectivity index (χ4n) is 3.82. The number of aliphatic hydroxyl groups excluding tert-OH is 4. The van der Waals surface area contributed by atoms with Crippen molar-refractivity contribution in [2.24, 2.45) is 0 Å². The Labute approximate surface area is 186 Å². The fraction of sp³-hybridized carbons (Fsp3) is 0.381. The Morgan fingerprint density at radius 2 is 1.61 bits per heavy atom. The average molecular weight is 466 g/mol. The van der Waals surface area contributed by atoms with Crippen LogP contribution in [0.25, 0.3) is 0 Å². The summed E-state index contributed by atoms with van der Waals surface area (Å²) in [4.78, 5) is 13.3. The molecular formula is C21H22O12. The monoisotopic (exact) mass is 466 g/mol. The Morgan fingerprint density at radius 3 is 2.27 bits per heavy atom. The molecule has 0 aliphatic carbocycles. The number of carbonyl (C=O) groups excluding carboxylic acids is 1. The maximum Gasteiger partial charge on any atom is 0.203 e. The first kappa shape index (κ1) is 23.0. The van der Waals surface area contributed by atoms with Crippen LogP contribution in [0.15, 0.2) is 30.3 Å². The summed E-state index contributed by atoms with van der Waals surface area (Å²) in [5, 5.41) is 79.2. The highest BCUT2D eigenvalue weighted by atomic mass is 16.7. The molecule has 4 rings (SSSR count). The molecule has 0 unspecified atom stereocenters. The summed E-state index contributed by atoms with van der Waals surface area (Å²) < 4.78 is 16.7. The number of hydrogen-bond acceptors (Lipinski definition) is 12. The number of ether oxygens (including phenoxy) is 3. The van der Waals surface area contributed by atoms with Gasteiger partial charge >= 0.3 is 0 Å². The summed E-state index contributed by atoms with van der Waals surface area (Å²) in [5.74, 6) is -3.00. The third-order valence-corrected chi connectivity index (χ3v) is 5.56. The van der Waals surface area contributed by atoms with Crippen molar-refractivity contribution in [3.05, 3.63) is 41.5 Å². The molecule has 2 aliphatic rings. The van der Waals surface area contributed by atoms with E-state index in [0.29, 0.717) is 0 Å². The first-order valence-electron chi connectivity index (χ1n) is 9.87. The van der Waals surface area contributed by atoms with E-state index in [2.05, 4.69) is 0 Å². The van der Waals surface area contributed by atoms with Crippen LogP contribution in [0.1, 0.15) is 22.0 Å². The van der Waals surface area contributed by atoms with Gasteiger partial charge in [-0.1, -0.05) is 6.07 Å². The normalized spacial score (nSPS) is 31.6. The van der Waals surface area contributed by atoms with E-state index in [1.165, 1.54) is 6.07 Å². The second kappa shape index (κ2) is 8.67. The lowest BCUT2D eigenvalue weighted by Gasteiger charge is -2.42. The lowest BCUT2D eigenvalue weighted by atomic mass is 9.92. The smallest absolute Gasteiger partial charge is 0.203 e. The first-order valence-corrected chi connectivity index (χ1v) is 9.87. The minimum absolute atomic E-state index is 0.140. The lowest BCUT2D eigenvalue weighted by molar-refractivity contribution is -0.311. The molecular weight excluding hydrogens is 444 g/mol. The fourth-order valence-corrected chi connectivity index (χ4v) is 3.82. The SMILES string of the molecule is O=C1c2c(O)cc(O)cc2O[C@@H](c2ccc(O)c(O)c2)[C@H]1O[C@H]1O[C@H](CO)[C@@H](O)[C@@H](O)[C@H]1O. The van der Waals surface area contributed by atoms with Crippen molar-refractivity contribution < 1.29 is 59.9 Å². The van der Waals surface area contributed by atoms with Crippen LogP contribution in [0.2, 0.25) is 0 Å². The second-order valence-electron chi connectivity index (χ2n) is 7.74. The second-order valence-corrected chi connectivity index (χ2v) is 7.74. The summed E-state index contributed by atoms with van der Waals surface area (Å²) >= 11 is 0. The Kier molecular flexibility index (Phi) is 6.05. The van der Waals surface area contributed by atoms with Crippen molar-refractivity contribution in [1.29, 1.82) is 0 Å². The number of Topliss-reactive ketones (excluding diaryl/α,β-unsaturated/α-hetero) is 1. The van der Waals surface area contributed by atoms with Crippen LogP contribution in [0.5, 0.6) is 28.7 Å². The molecule has 2 aromatic rings. The van der Waals surface area contributed by atoms with Crippen LogP contribution >= 0.6 is 0 Å². The number of aliphatic hydroxyl groups is 4. The van der Waals surface area contributed by atoms with E-state index >= 15 is 0 Å². The van der Waals surface area contributed by atoms with Gasteiger partial charge in [0.1, 0.15) is 47.2 Å². The van der Waals surface area contributed by atoms with E-state index in [1.54, 1.807) is 0 Å². The highest BCUT2D eigenvalue weighted by Crippen LogP contribution is 2.44. The number of phenolic OH excluding ortho intramolecular Hbond substituents is 4.